The summed E-state index contributed by atoms with van der Waals surface area (Å²) in [5.41, 5.74) is 5.43. The minimum Gasteiger partial charge on any atom is -0.368 e. The van der Waals surface area contributed by atoms with Crippen molar-refractivity contribution in [3.05, 3.63) is 0 Å². The van der Waals surface area contributed by atoms with Gasteiger partial charge in [-0.1, -0.05) is 39.5 Å². The van der Waals surface area contributed by atoms with Crippen molar-refractivity contribution in [2.45, 2.75) is 64.5 Å². The molecule has 0 radical (unpaired) electrons. The summed E-state index contributed by atoms with van der Waals surface area (Å²) >= 11 is 0. The zero-order valence-corrected chi connectivity index (χ0v) is 9.96. The van der Waals surface area contributed by atoms with Crippen LogP contribution in [0.1, 0.15) is 52.4 Å². The quantitative estimate of drug-likeness (QED) is 0.730. The van der Waals surface area contributed by atoms with Gasteiger partial charge in [0.2, 0.25) is 5.91 Å². The Morgan fingerprint density at radius 3 is 2.47 bits per heavy atom. The van der Waals surface area contributed by atoms with Gasteiger partial charge in [0.15, 0.2) is 0 Å². The predicted octanol–water partition coefficient (Wildman–Crippen LogP) is 1.81. The molecule has 0 aliphatic heterocycles. The Bertz CT molecular complexity index is 200. The molecule has 0 saturated heterocycles. The minimum atomic E-state index is -0.199. The van der Waals surface area contributed by atoms with E-state index in [4.69, 9.17) is 5.73 Å². The zero-order valence-electron chi connectivity index (χ0n) is 9.96. The highest BCUT2D eigenvalue weighted by Crippen LogP contribution is 2.19. The second-order valence-corrected chi connectivity index (χ2v) is 4.77. The molecule has 1 aliphatic carbocycles. The molecule has 3 heteroatoms. The van der Waals surface area contributed by atoms with Gasteiger partial charge in [-0.25, -0.2) is 0 Å². The maximum Gasteiger partial charge on any atom is 0.234 e. The first-order chi connectivity index (χ1) is 7.15. The molecule has 1 aliphatic rings. The normalized spacial score (nSPS) is 22.3. The highest BCUT2D eigenvalue weighted by Gasteiger charge is 2.25. The molecule has 0 spiro atoms. The van der Waals surface area contributed by atoms with Crippen molar-refractivity contribution in [1.29, 1.82) is 0 Å². The van der Waals surface area contributed by atoms with Crippen molar-refractivity contribution < 1.29 is 4.79 Å². The van der Waals surface area contributed by atoms with Gasteiger partial charge in [-0.2, -0.15) is 0 Å². The summed E-state index contributed by atoms with van der Waals surface area (Å²) in [5, 5.41) is 3.43. The van der Waals surface area contributed by atoms with E-state index < -0.39 is 0 Å². The lowest BCUT2D eigenvalue weighted by Crippen LogP contribution is -2.50. The molecule has 1 fully saturated rings. The average Bonchev–Trinajstić information content (AvgIpc) is 2.26. The second kappa shape index (κ2) is 6.11. The lowest BCUT2D eigenvalue weighted by molar-refractivity contribution is -0.121. The highest BCUT2D eigenvalue weighted by atomic mass is 16.1. The van der Waals surface area contributed by atoms with Crippen LogP contribution in [0.15, 0.2) is 0 Å². The van der Waals surface area contributed by atoms with Gasteiger partial charge in [-0.15, -0.1) is 0 Å². The van der Waals surface area contributed by atoms with Gasteiger partial charge in [-0.05, 0) is 18.8 Å². The van der Waals surface area contributed by atoms with E-state index in [1.165, 1.54) is 32.1 Å². The van der Waals surface area contributed by atoms with Crippen molar-refractivity contribution in [3.63, 3.8) is 0 Å². The van der Waals surface area contributed by atoms with Crippen molar-refractivity contribution in [1.82, 2.24) is 5.32 Å². The van der Waals surface area contributed by atoms with Gasteiger partial charge in [0.1, 0.15) is 0 Å². The third-order valence-corrected chi connectivity index (χ3v) is 3.54. The van der Waals surface area contributed by atoms with E-state index in [2.05, 4.69) is 19.2 Å². The van der Waals surface area contributed by atoms with E-state index in [1.807, 2.05) is 0 Å². The van der Waals surface area contributed by atoms with E-state index in [0.29, 0.717) is 12.0 Å². The number of nitrogens with one attached hydrogen (secondary N) is 1. The first kappa shape index (κ1) is 12.5. The summed E-state index contributed by atoms with van der Waals surface area (Å²) in [5.74, 6) is 0.138. The van der Waals surface area contributed by atoms with Crippen LogP contribution in [0.5, 0.6) is 0 Å². The average molecular weight is 212 g/mol. The molecule has 1 saturated carbocycles. The molecular weight excluding hydrogens is 188 g/mol. The number of primary amides is 1. The molecule has 3 nitrogen and oxygen atoms in total. The molecule has 1 amide bonds. The van der Waals surface area contributed by atoms with Gasteiger partial charge < -0.3 is 11.1 Å². The topological polar surface area (TPSA) is 55.1 Å². The first-order valence-electron chi connectivity index (χ1n) is 6.20. The molecule has 0 aromatic heterocycles. The second-order valence-electron chi connectivity index (χ2n) is 4.77. The molecule has 0 aromatic carbocycles. The van der Waals surface area contributed by atoms with Crippen LogP contribution in [-0.4, -0.2) is 18.0 Å². The summed E-state index contributed by atoms with van der Waals surface area (Å²) in [6.07, 6.45) is 7.28. The predicted molar refractivity (Wildman–Crippen MR) is 62.4 cm³/mol. The SMILES string of the molecule is CC[C@H](C)[C@H](NC1CCCCC1)C(N)=O. The van der Waals surface area contributed by atoms with Gasteiger partial charge in [0, 0.05) is 6.04 Å². The van der Waals surface area contributed by atoms with Crippen LogP contribution in [0.2, 0.25) is 0 Å². The van der Waals surface area contributed by atoms with Crippen LogP contribution in [0.4, 0.5) is 0 Å². The van der Waals surface area contributed by atoms with Crippen LogP contribution in [0.3, 0.4) is 0 Å². The van der Waals surface area contributed by atoms with Gasteiger partial charge in [0.05, 0.1) is 6.04 Å². The maximum atomic E-state index is 11.3. The number of hydrogen-bond donors (Lipinski definition) is 2. The number of carbonyl (C=O) groups excluding carboxylic acids is 1. The molecule has 0 bridgehead atoms. The standard InChI is InChI=1S/C12H24N2O/c1-3-9(2)11(12(13)15)14-10-7-5-4-6-8-10/h9-11,14H,3-8H2,1-2H3,(H2,13,15)/t9-,11-/m0/s1. The summed E-state index contributed by atoms with van der Waals surface area (Å²) in [7, 11) is 0. The Labute approximate surface area is 92.8 Å². The van der Waals surface area contributed by atoms with E-state index in [-0.39, 0.29) is 11.9 Å². The molecule has 88 valence electrons. The first-order valence-corrected chi connectivity index (χ1v) is 6.20. The fraction of sp³-hybridized carbons (Fsp3) is 0.917. The third kappa shape index (κ3) is 3.82. The lowest BCUT2D eigenvalue weighted by Gasteiger charge is -2.29. The van der Waals surface area contributed by atoms with Crippen LogP contribution < -0.4 is 11.1 Å². The Morgan fingerprint density at radius 2 is 2.00 bits per heavy atom. The fourth-order valence-electron chi connectivity index (χ4n) is 2.29. The van der Waals surface area contributed by atoms with Crippen molar-refractivity contribution >= 4 is 5.91 Å². The molecule has 1 rings (SSSR count). The molecule has 3 N–H and O–H groups in total. The van der Waals surface area contributed by atoms with Gasteiger partial charge in [0.25, 0.3) is 0 Å². The zero-order chi connectivity index (χ0) is 11.3. The Balaban J connectivity index is 2.45. The number of rotatable bonds is 5. The monoisotopic (exact) mass is 212 g/mol. The Kier molecular flexibility index (Phi) is 5.09. The van der Waals surface area contributed by atoms with Crippen molar-refractivity contribution in [3.8, 4) is 0 Å². The highest BCUT2D eigenvalue weighted by molar-refractivity contribution is 5.80. The van der Waals surface area contributed by atoms with Crippen LogP contribution in [-0.2, 0) is 4.79 Å². The molecule has 15 heavy (non-hydrogen) atoms. The third-order valence-electron chi connectivity index (χ3n) is 3.54. The number of nitrogens with two attached hydrogens (primary N) is 1. The largest absolute Gasteiger partial charge is 0.368 e. The van der Waals surface area contributed by atoms with Gasteiger partial charge >= 0.3 is 0 Å². The molecule has 0 aromatic rings. The minimum absolute atomic E-state index is 0.141. The summed E-state index contributed by atoms with van der Waals surface area (Å²) in [6.45, 7) is 4.19. The lowest BCUT2D eigenvalue weighted by atomic mass is 9.92. The number of amides is 1. The van der Waals surface area contributed by atoms with E-state index >= 15 is 0 Å². The van der Waals surface area contributed by atoms with Gasteiger partial charge in [-0.3, -0.25) is 4.79 Å². The smallest absolute Gasteiger partial charge is 0.234 e. The molecule has 2 atom stereocenters. The number of carbonyl (C=O) groups is 1. The Hall–Kier alpha value is -0.570. The van der Waals surface area contributed by atoms with Crippen molar-refractivity contribution in [2.75, 3.05) is 0 Å². The van der Waals surface area contributed by atoms with Crippen molar-refractivity contribution in [2.24, 2.45) is 11.7 Å². The summed E-state index contributed by atoms with van der Waals surface area (Å²) in [4.78, 5) is 11.3. The van der Waals surface area contributed by atoms with Crippen LogP contribution >= 0.6 is 0 Å². The van der Waals surface area contributed by atoms with Crippen LogP contribution in [0.25, 0.3) is 0 Å². The Morgan fingerprint density at radius 1 is 1.40 bits per heavy atom. The molecular formula is C12H24N2O. The fourth-order valence-corrected chi connectivity index (χ4v) is 2.29. The molecule has 0 heterocycles. The van der Waals surface area contributed by atoms with E-state index in [9.17, 15) is 4.79 Å². The van der Waals surface area contributed by atoms with Crippen LogP contribution in [0, 0.1) is 5.92 Å². The maximum absolute atomic E-state index is 11.3. The van der Waals surface area contributed by atoms with E-state index in [0.717, 1.165) is 6.42 Å². The molecule has 0 unspecified atom stereocenters. The van der Waals surface area contributed by atoms with E-state index in [1.54, 1.807) is 0 Å². The summed E-state index contributed by atoms with van der Waals surface area (Å²) in [6, 6.07) is 0.364. The number of hydrogen-bond acceptors (Lipinski definition) is 2. The summed E-state index contributed by atoms with van der Waals surface area (Å²) < 4.78 is 0.